The Morgan fingerprint density at radius 3 is 2.90 bits per heavy atom. The van der Waals surface area contributed by atoms with Gasteiger partial charge < -0.3 is 5.32 Å². The van der Waals surface area contributed by atoms with Crippen molar-refractivity contribution in [2.45, 2.75) is 13.3 Å². The van der Waals surface area contributed by atoms with E-state index in [1.807, 2.05) is 31.2 Å². The van der Waals surface area contributed by atoms with E-state index < -0.39 is 0 Å². The molecule has 2 aromatic heterocycles. The van der Waals surface area contributed by atoms with Crippen LogP contribution in [0.15, 0.2) is 35.7 Å². The van der Waals surface area contributed by atoms with E-state index in [1.165, 1.54) is 0 Å². The van der Waals surface area contributed by atoms with Crippen molar-refractivity contribution in [3.63, 3.8) is 0 Å². The zero-order chi connectivity index (χ0) is 14.7. The lowest BCUT2D eigenvalue weighted by Gasteiger charge is -2.09. The number of nitrogens with one attached hydrogen (secondary N) is 1. The monoisotopic (exact) mass is 294 g/mol. The van der Waals surface area contributed by atoms with Crippen molar-refractivity contribution in [1.29, 1.82) is 5.26 Å². The third-order valence-corrected chi connectivity index (χ3v) is 4.02. The summed E-state index contributed by atoms with van der Waals surface area (Å²) in [7, 11) is 0. The zero-order valence-corrected chi connectivity index (χ0v) is 12.4. The molecule has 0 bridgehead atoms. The van der Waals surface area contributed by atoms with Gasteiger partial charge in [0.25, 0.3) is 0 Å². The summed E-state index contributed by atoms with van der Waals surface area (Å²) in [5.41, 5.74) is 3.32. The van der Waals surface area contributed by atoms with Gasteiger partial charge in [-0.15, -0.1) is 11.3 Å². The Morgan fingerprint density at radius 1 is 1.29 bits per heavy atom. The maximum Gasteiger partial charge on any atom is 0.143 e. The molecule has 0 fully saturated rings. The summed E-state index contributed by atoms with van der Waals surface area (Å²) < 4.78 is 0. The first-order valence-corrected chi connectivity index (χ1v) is 7.59. The molecule has 0 atom stereocenters. The van der Waals surface area contributed by atoms with Gasteiger partial charge in [-0.1, -0.05) is 18.2 Å². The number of thiazole rings is 1. The number of hydrogen-bond donors (Lipinski definition) is 1. The van der Waals surface area contributed by atoms with Gasteiger partial charge in [0, 0.05) is 29.4 Å². The molecule has 0 aliphatic carbocycles. The van der Waals surface area contributed by atoms with Crippen molar-refractivity contribution in [1.82, 2.24) is 9.97 Å². The van der Waals surface area contributed by atoms with Gasteiger partial charge in [-0.2, -0.15) is 5.26 Å². The predicted octanol–water partition coefficient (Wildman–Crippen LogP) is 3.53. The van der Waals surface area contributed by atoms with Crippen molar-refractivity contribution in [3.8, 4) is 6.07 Å². The number of nitrogens with zero attached hydrogens (tertiary/aromatic N) is 3. The highest BCUT2D eigenvalue weighted by Crippen LogP contribution is 2.23. The lowest BCUT2D eigenvalue weighted by Crippen LogP contribution is -2.06. The summed E-state index contributed by atoms with van der Waals surface area (Å²) in [5, 5.41) is 16.7. The number of rotatable bonds is 4. The third kappa shape index (κ3) is 3.01. The first-order chi connectivity index (χ1) is 10.3. The molecule has 0 aliphatic heterocycles. The molecular weight excluding hydrogens is 280 g/mol. The minimum Gasteiger partial charge on any atom is -0.384 e. The highest BCUT2D eigenvalue weighted by atomic mass is 32.1. The number of fused-ring (bicyclic) bond motifs is 1. The SMILES string of the molecule is Cc1nc(CCNc2cc(C#N)nc3ccccc23)cs1. The number of benzene rings is 1. The highest BCUT2D eigenvalue weighted by Gasteiger charge is 2.05. The standard InChI is InChI=1S/C16H14N4S/c1-11-19-12(10-21-11)6-7-18-16-8-13(9-17)20-15-5-3-2-4-14(15)16/h2-5,8,10H,6-7H2,1H3,(H,18,20). The van der Waals surface area contributed by atoms with Gasteiger partial charge >= 0.3 is 0 Å². The summed E-state index contributed by atoms with van der Waals surface area (Å²) >= 11 is 1.67. The quantitative estimate of drug-likeness (QED) is 0.799. The fourth-order valence-corrected chi connectivity index (χ4v) is 2.87. The van der Waals surface area contributed by atoms with E-state index in [2.05, 4.69) is 26.7 Å². The number of para-hydroxylation sites is 1. The van der Waals surface area contributed by atoms with Crippen LogP contribution in [0.25, 0.3) is 10.9 Å². The van der Waals surface area contributed by atoms with E-state index >= 15 is 0 Å². The molecule has 1 aromatic carbocycles. The Hall–Kier alpha value is -2.45. The molecule has 0 saturated heterocycles. The van der Waals surface area contributed by atoms with Crippen molar-refractivity contribution < 1.29 is 0 Å². The molecule has 21 heavy (non-hydrogen) atoms. The molecule has 0 spiro atoms. The number of anilines is 1. The topological polar surface area (TPSA) is 61.6 Å². The number of aryl methyl sites for hydroxylation is 1. The van der Waals surface area contributed by atoms with Crippen LogP contribution in [0.5, 0.6) is 0 Å². The van der Waals surface area contributed by atoms with Crippen LogP contribution in [0.3, 0.4) is 0 Å². The van der Waals surface area contributed by atoms with E-state index in [0.717, 1.165) is 40.3 Å². The smallest absolute Gasteiger partial charge is 0.143 e. The summed E-state index contributed by atoms with van der Waals surface area (Å²) in [5.74, 6) is 0. The minimum absolute atomic E-state index is 0.431. The summed E-state index contributed by atoms with van der Waals surface area (Å²) in [6, 6.07) is 11.7. The highest BCUT2D eigenvalue weighted by molar-refractivity contribution is 7.09. The van der Waals surface area contributed by atoms with Crippen LogP contribution in [0.4, 0.5) is 5.69 Å². The second-order valence-corrected chi connectivity index (χ2v) is 5.78. The lowest BCUT2D eigenvalue weighted by atomic mass is 10.1. The Kier molecular flexibility index (Phi) is 3.80. The minimum atomic E-state index is 0.431. The average Bonchev–Trinajstić information content (AvgIpc) is 2.92. The van der Waals surface area contributed by atoms with Crippen LogP contribution in [0.2, 0.25) is 0 Å². The van der Waals surface area contributed by atoms with E-state index in [0.29, 0.717) is 5.69 Å². The summed E-state index contributed by atoms with van der Waals surface area (Å²) in [6.45, 7) is 2.79. The van der Waals surface area contributed by atoms with Gasteiger partial charge in [0.15, 0.2) is 0 Å². The molecule has 3 aromatic rings. The van der Waals surface area contributed by atoms with Crippen LogP contribution in [-0.4, -0.2) is 16.5 Å². The maximum atomic E-state index is 9.08. The average molecular weight is 294 g/mol. The van der Waals surface area contributed by atoms with Crippen molar-refractivity contribution in [3.05, 3.63) is 52.1 Å². The van der Waals surface area contributed by atoms with Crippen LogP contribution in [-0.2, 0) is 6.42 Å². The van der Waals surface area contributed by atoms with Gasteiger partial charge in [0.05, 0.1) is 16.2 Å². The fourth-order valence-electron chi connectivity index (χ4n) is 2.23. The van der Waals surface area contributed by atoms with Crippen LogP contribution >= 0.6 is 11.3 Å². The first kappa shape index (κ1) is 13.5. The molecule has 2 heterocycles. The number of nitriles is 1. The second-order valence-electron chi connectivity index (χ2n) is 4.72. The van der Waals surface area contributed by atoms with Gasteiger partial charge in [-0.05, 0) is 19.1 Å². The number of hydrogen-bond acceptors (Lipinski definition) is 5. The largest absolute Gasteiger partial charge is 0.384 e. The van der Waals surface area contributed by atoms with Crippen molar-refractivity contribution in [2.75, 3.05) is 11.9 Å². The molecule has 5 heteroatoms. The van der Waals surface area contributed by atoms with E-state index in [4.69, 9.17) is 5.26 Å². The predicted molar refractivity (Wildman–Crippen MR) is 85.5 cm³/mol. The molecule has 0 aliphatic rings. The van der Waals surface area contributed by atoms with Crippen molar-refractivity contribution in [2.24, 2.45) is 0 Å². The van der Waals surface area contributed by atoms with Crippen LogP contribution < -0.4 is 5.32 Å². The third-order valence-electron chi connectivity index (χ3n) is 3.19. The normalized spacial score (nSPS) is 10.5. The first-order valence-electron chi connectivity index (χ1n) is 6.71. The molecule has 3 rings (SSSR count). The van der Waals surface area contributed by atoms with Gasteiger partial charge in [-0.25, -0.2) is 9.97 Å². The maximum absolute atomic E-state index is 9.08. The number of pyridine rings is 1. The second kappa shape index (κ2) is 5.90. The summed E-state index contributed by atoms with van der Waals surface area (Å²) in [6.07, 6.45) is 0.864. The van der Waals surface area contributed by atoms with Crippen molar-refractivity contribution >= 4 is 27.9 Å². The molecule has 0 radical (unpaired) electrons. The molecule has 4 nitrogen and oxygen atoms in total. The Balaban J connectivity index is 1.81. The fraction of sp³-hybridized carbons (Fsp3) is 0.188. The number of aromatic nitrogens is 2. The van der Waals surface area contributed by atoms with E-state index in [1.54, 1.807) is 17.4 Å². The molecule has 1 N–H and O–H groups in total. The summed E-state index contributed by atoms with van der Waals surface area (Å²) in [4.78, 5) is 8.76. The Labute approximate surface area is 127 Å². The van der Waals surface area contributed by atoms with Gasteiger partial charge in [-0.3, -0.25) is 0 Å². The van der Waals surface area contributed by atoms with Crippen LogP contribution in [0, 0.1) is 18.3 Å². The molecule has 0 amide bonds. The Morgan fingerprint density at radius 2 is 2.14 bits per heavy atom. The van der Waals surface area contributed by atoms with E-state index in [-0.39, 0.29) is 0 Å². The van der Waals surface area contributed by atoms with Gasteiger partial charge in [0.2, 0.25) is 0 Å². The zero-order valence-electron chi connectivity index (χ0n) is 11.6. The lowest BCUT2D eigenvalue weighted by molar-refractivity contribution is 0.969. The molecule has 0 unspecified atom stereocenters. The van der Waals surface area contributed by atoms with Crippen LogP contribution in [0.1, 0.15) is 16.4 Å². The molecule has 104 valence electrons. The van der Waals surface area contributed by atoms with E-state index in [9.17, 15) is 0 Å². The van der Waals surface area contributed by atoms with Gasteiger partial charge in [0.1, 0.15) is 11.8 Å². The molecule has 0 saturated carbocycles. The molecular formula is C16H14N4S. The Bertz CT molecular complexity index is 817.